The number of halogens is 3. The van der Waals surface area contributed by atoms with E-state index in [1.54, 1.807) is 55.9 Å². The first-order valence-electron chi connectivity index (χ1n) is 12.9. The predicted molar refractivity (Wildman–Crippen MR) is 168 cm³/mol. The zero-order valence-corrected chi connectivity index (χ0v) is 26.7. The van der Waals surface area contributed by atoms with Gasteiger partial charge in [0.25, 0.3) is 5.56 Å². The normalized spacial score (nSPS) is 14.8. The van der Waals surface area contributed by atoms with Gasteiger partial charge in [-0.2, -0.15) is 0 Å². The summed E-state index contributed by atoms with van der Waals surface area (Å²) in [5.74, 6) is 0.779. The fraction of sp³-hybridized carbons (Fsp3) is 0.194. The van der Waals surface area contributed by atoms with Crippen molar-refractivity contribution in [1.82, 2.24) is 4.57 Å². The maximum atomic E-state index is 13.8. The van der Waals surface area contributed by atoms with Crippen molar-refractivity contribution in [3.63, 3.8) is 0 Å². The van der Waals surface area contributed by atoms with Gasteiger partial charge in [0.2, 0.25) is 0 Å². The zero-order valence-electron chi connectivity index (χ0n) is 22.8. The fourth-order valence-electron chi connectivity index (χ4n) is 4.56. The highest BCUT2D eigenvalue weighted by Crippen LogP contribution is 2.32. The standard InChI is InChI=1S/C31H25BrCl2N2O5S/c1-4-40-30(38)27-17(2)35-31-36(28(27)19-7-10-22(39-3)11-8-19)29(37)26(42-31)14-18-5-12-25(23(32)13-18)41-16-20-6-9-21(33)15-24(20)34/h5-15,28H,4,16H2,1-3H3/b26-14-/t28-/m1/s1. The van der Waals surface area contributed by atoms with Crippen molar-refractivity contribution in [2.45, 2.75) is 26.5 Å². The topological polar surface area (TPSA) is 79.1 Å². The van der Waals surface area contributed by atoms with Crippen LogP contribution in [0.4, 0.5) is 0 Å². The van der Waals surface area contributed by atoms with E-state index in [1.807, 2.05) is 36.4 Å². The molecular weight excluding hydrogens is 663 g/mol. The molecule has 4 aromatic rings. The van der Waals surface area contributed by atoms with Crippen LogP contribution < -0.4 is 24.4 Å². The van der Waals surface area contributed by atoms with Gasteiger partial charge in [-0.1, -0.05) is 58.8 Å². The number of methoxy groups -OCH3 is 1. The third kappa shape index (κ3) is 6.20. The van der Waals surface area contributed by atoms with Gasteiger partial charge in [0.15, 0.2) is 4.80 Å². The van der Waals surface area contributed by atoms with Crippen LogP contribution in [0.3, 0.4) is 0 Å². The summed E-state index contributed by atoms with van der Waals surface area (Å²) in [6, 6.07) is 17.4. The third-order valence-corrected chi connectivity index (χ3v) is 8.79. The minimum atomic E-state index is -0.699. The molecule has 0 bridgehead atoms. The Hall–Kier alpha value is -3.37. The van der Waals surface area contributed by atoms with E-state index >= 15 is 0 Å². The first-order valence-corrected chi connectivity index (χ1v) is 15.3. The van der Waals surface area contributed by atoms with Crippen LogP contribution in [0.2, 0.25) is 10.0 Å². The maximum Gasteiger partial charge on any atom is 0.338 e. The molecule has 0 fully saturated rings. The van der Waals surface area contributed by atoms with Crippen LogP contribution in [0.25, 0.3) is 6.08 Å². The van der Waals surface area contributed by atoms with Crippen molar-refractivity contribution in [1.29, 1.82) is 0 Å². The Morgan fingerprint density at radius 1 is 1.12 bits per heavy atom. The fourth-order valence-corrected chi connectivity index (χ4v) is 6.58. The second-order valence-corrected chi connectivity index (χ2v) is 12.0. The Morgan fingerprint density at radius 2 is 1.88 bits per heavy atom. The number of rotatable bonds is 8. The number of nitrogens with zero attached hydrogens (tertiary/aromatic N) is 2. The number of benzene rings is 3. The minimum absolute atomic E-state index is 0.205. The van der Waals surface area contributed by atoms with E-state index in [4.69, 9.17) is 37.4 Å². The molecule has 1 aliphatic rings. The van der Waals surface area contributed by atoms with Crippen molar-refractivity contribution in [3.05, 3.63) is 123 Å². The van der Waals surface area contributed by atoms with E-state index in [-0.39, 0.29) is 18.8 Å². The Kier molecular flexibility index (Phi) is 9.22. The molecule has 0 radical (unpaired) electrons. The molecule has 216 valence electrons. The second kappa shape index (κ2) is 12.9. The lowest BCUT2D eigenvalue weighted by Gasteiger charge is -2.24. The zero-order chi connectivity index (χ0) is 30.0. The molecule has 0 unspecified atom stereocenters. The summed E-state index contributed by atoms with van der Waals surface area (Å²) < 4.78 is 19.4. The molecule has 42 heavy (non-hydrogen) atoms. The van der Waals surface area contributed by atoms with Crippen LogP contribution in [0, 0.1) is 0 Å². The van der Waals surface area contributed by atoms with Crippen LogP contribution >= 0.6 is 50.5 Å². The van der Waals surface area contributed by atoms with Gasteiger partial charge in [-0.15, -0.1) is 0 Å². The highest BCUT2D eigenvalue weighted by atomic mass is 79.9. The summed E-state index contributed by atoms with van der Waals surface area (Å²) in [6.45, 7) is 3.97. The van der Waals surface area contributed by atoms with Crippen LogP contribution in [0.15, 0.2) is 86.2 Å². The van der Waals surface area contributed by atoms with E-state index in [9.17, 15) is 9.59 Å². The number of carbonyl (C=O) groups excluding carboxylic acids is 1. The number of thiazole rings is 1. The third-order valence-electron chi connectivity index (χ3n) is 6.60. The van der Waals surface area contributed by atoms with E-state index in [0.717, 1.165) is 16.7 Å². The number of esters is 1. The summed E-state index contributed by atoms with van der Waals surface area (Å²) in [7, 11) is 1.58. The van der Waals surface area contributed by atoms with E-state index in [1.165, 1.54) is 11.3 Å². The minimum Gasteiger partial charge on any atom is -0.497 e. The number of allylic oxidation sites excluding steroid dienone is 1. The molecule has 1 aliphatic heterocycles. The molecule has 3 aromatic carbocycles. The number of ether oxygens (including phenoxy) is 3. The molecule has 0 saturated carbocycles. The molecule has 5 rings (SSSR count). The smallest absolute Gasteiger partial charge is 0.338 e. The number of hydrogen-bond acceptors (Lipinski definition) is 7. The molecule has 0 amide bonds. The van der Waals surface area contributed by atoms with Gasteiger partial charge in [0.05, 0.1) is 40.0 Å². The van der Waals surface area contributed by atoms with Gasteiger partial charge in [0, 0.05) is 15.6 Å². The van der Waals surface area contributed by atoms with Gasteiger partial charge in [-0.3, -0.25) is 9.36 Å². The molecule has 0 aliphatic carbocycles. The van der Waals surface area contributed by atoms with Crippen LogP contribution in [-0.4, -0.2) is 24.3 Å². The number of carbonyl (C=O) groups is 1. The van der Waals surface area contributed by atoms with Crippen molar-refractivity contribution in [3.8, 4) is 11.5 Å². The van der Waals surface area contributed by atoms with E-state index in [0.29, 0.717) is 46.6 Å². The average Bonchev–Trinajstić information content (AvgIpc) is 3.26. The molecule has 7 nitrogen and oxygen atoms in total. The van der Waals surface area contributed by atoms with Crippen molar-refractivity contribution in [2.75, 3.05) is 13.7 Å². The van der Waals surface area contributed by atoms with Crippen LogP contribution in [0.5, 0.6) is 11.5 Å². The summed E-state index contributed by atoms with van der Waals surface area (Å²) >= 11 is 17.1. The monoisotopic (exact) mass is 686 g/mol. The highest BCUT2D eigenvalue weighted by molar-refractivity contribution is 9.10. The Balaban J connectivity index is 1.51. The SMILES string of the molecule is CCOC(=O)C1=C(C)N=c2s/c(=C\c3ccc(OCc4ccc(Cl)cc4Cl)c(Br)c3)c(=O)n2[C@@H]1c1ccc(OC)cc1. The largest absolute Gasteiger partial charge is 0.497 e. The summed E-state index contributed by atoms with van der Waals surface area (Å²) in [5.41, 5.74) is 2.90. The van der Waals surface area contributed by atoms with Crippen LogP contribution in [-0.2, 0) is 16.1 Å². The molecule has 1 atom stereocenters. The lowest BCUT2D eigenvalue weighted by molar-refractivity contribution is -0.139. The lowest BCUT2D eigenvalue weighted by atomic mass is 9.96. The Bertz CT molecular complexity index is 1880. The first-order chi connectivity index (χ1) is 20.2. The molecule has 0 saturated heterocycles. The second-order valence-electron chi connectivity index (χ2n) is 9.29. The molecule has 1 aromatic heterocycles. The number of fused-ring (bicyclic) bond motifs is 1. The van der Waals surface area contributed by atoms with Crippen molar-refractivity contribution < 1.29 is 19.0 Å². The maximum absolute atomic E-state index is 13.8. The molecule has 0 N–H and O–H groups in total. The van der Waals surface area contributed by atoms with Crippen LogP contribution in [0.1, 0.15) is 36.6 Å². The first kappa shape index (κ1) is 30.1. The average molecular weight is 688 g/mol. The Morgan fingerprint density at radius 3 is 2.55 bits per heavy atom. The number of aromatic nitrogens is 1. The van der Waals surface area contributed by atoms with Crippen molar-refractivity contribution in [2.24, 2.45) is 4.99 Å². The summed E-state index contributed by atoms with van der Waals surface area (Å²) in [6.07, 6.45) is 1.79. The Labute approximate surface area is 264 Å². The van der Waals surface area contributed by atoms with Gasteiger partial charge in [-0.25, -0.2) is 9.79 Å². The molecule has 2 heterocycles. The molecule has 0 spiro atoms. The van der Waals surface area contributed by atoms with Gasteiger partial charge in [0.1, 0.15) is 18.1 Å². The van der Waals surface area contributed by atoms with E-state index < -0.39 is 12.0 Å². The van der Waals surface area contributed by atoms with Gasteiger partial charge in [-0.05, 0) is 83.4 Å². The highest BCUT2D eigenvalue weighted by Gasteiger charge is 2.33. The molecule has 11 heteroatoms. The van der Waals surface area contributed by atoms with Crippen molar-refractivity contribution >= 4 is 62.5 Å². The number of hydrogen-bond donors (Lipinski definition) is 0. The van der Waals surface area contributed by atoms with Gasteiger partial charge >= 0.3 is 5.97 Å². The van der Waals surface area contributed by atoms with E-state index in [2.05, 4.69) is 20.9 Å². The predicted octanol–water partition coefficient (Wildman–Crippen LogP) is 6.46. The molecular formula is C31H25BrCl2N2O5S. The van der Waals surface area contributed by atoms with Gasteiger partial charge < -0.3 is 14.2 Å². The summed E-state index contributed by atoms with van der Waals surface area (Å²) in [4.78, 5) is 32.0. The lowest BCUT2D eigenvalue weighted by Crippen LogP contribution is -2.39. The quantitative estimate of drug-likeness (QED) is 0.199. The summed E-state index contributed by atoms with van der Waals surface area (Å²) in [5, 5.41) is 1.09.